The Kier molecular flexibility index (Phi) is 7.33. The van der Waals surface area contributed by atoms with Crippen LogP contribution in [0.25, 0.3) is 0 Å². The molecular weight excluding hydrogens is 490 g/mol. The molecule has 0 spiro atoms. The predicted molar refractivity (Wildman–Crippen MR) is 112 cm³/mol. The van der Waals surface area contributed by atoms with Crippen molar-refractivity contribution in [2.24, 2.45) is 0 Å². The lowest BCUT2D eigenvalue weighted by molar-refractivity contribution is -0.117. The van der Waals surface area contributed by atoms with Crippen LogP contribution in [0.4, 0.5) is 16.2 Å². The molecule has 0 fully saturated rings. The Morgan fingerprint density at radius 3 is 2.48 bits per heavy atom. The molecular formula is C17H17BrClN3O6S. The second-order valence-corrected chi connectivity index (χ2v) is 8.73. The van der Waals surface area contributed by atoms with Crippen LogP contribution in [0.2, 0.25) is 5.02 Å². The highest BCUT2D eigenvalue weighted by Crippen LogP contribution is 2.32. The van der Waals surface area contributed by atoms with Crippen molar-refractivity contribution in [1.29, 1.82) is 0 Å². The van der Waals surface area contributed by atoms with Gasteiger partial charge in [0, 0.05) is 10.2 Å². The third-order valence-corrected chi connectivity index (χ3v) is 5.97. The molecule has 12 heteroatoms. The summed E-state index contributed by atoms with van der Waals surface area (Å²) in [6, 6.07) is 7.57. The number of carbonyl (C=O) groups excluding carboxylic acids is 1. The Morgan fingerprint density at radius 2 is 1.90 bits per heavy atom. The zero-order valence-corrected chi connectivity index (χ0v) is 18.4. The number of ether oxygens (including phenoxy) is 1. The van der Waals surface area contributed by atoms with Gasteiger partial charge in [-0.25, -0.2) is 13.2 Å². The van der Waals surface area contributed by atoms with Gasteiger partial charge in [-0.1, -0.05) is 27.5 Å². The fourth-order valence-corrected chi connectivity index (χ4v) is 4.36. The first-order valence-electron chi connectivity index (χ1n) is 7.99. The Bertz CT molecular complexity index is 1050. The van der Waals surface area contributed by atoms with Crippen molar-refractivity contribution in [3.8, 4) is 5.75 Å². The van der Waals surface area contributed by atoms with Crippen LogP contribution in [0.1, 0.15) is 6.92 Å². The molecule has 0 bridgehead atoms. The molecule has 2 aromatic carbocycles. The van der Waals surface area contributed by atoms with Crippen LogP contribution in [0, 0.1) is 0 Å². The van der Waals surface area contributed by atoms with Crippen LogP contribution in [0.5, 0.6) is 5.75 Å². The minimum Gasteiger partial charge on any atom is -0.495 e. The molecule has 0 aliphatic heterocycles. The molecule has 0 saturated heterocycles. The molecule has 0 aliphatic rings. The highest BCUT2D eigenvalue weighted by Gasteiger charge is 2.21. The summed E-state index contributed by atoms with van der Waals surface area (Å²) in [5, 5.41) is 13.2. The van der Waals surface area contributed by atoms with Crippen molar-refractivity contribution in [2.75, 3.05) is 17.1 Å². The SMILES string of the molecule is COc1ccc(NC(=O)[C@H](C)NC(=O)O)cc1NS(=O)(=O)c1ccc(Br)cc1Cl. The van der Waals surface area contributed by atoms with Crippen LogP contribution in [-0.2, 0) is 14.8 Å². The summed E-state index contributed by atoms with van der Waals surface area (Å²) in [4.78, 5) is 22.6. The maximum absolute atomic E-state index is 12.7. The van der Waals surface area contributed by atoms with E-state index in [4.69, 9.17) is 21.4 Å². The summed E-state index contributed by atoms with van der Waals surface area (Å²) in [5.74, 6) is -0.418. The number of sulfonamides is 1. The number of halogens is 2. The van der Waals surface area contributed by atoms with Crippen molar-refractivity contribution < 1.29 is 27.9 Å². The van der Waals surface area contributed by atoms with Gasteiger partial charge in [0.05, 0.1) is 17.8 Å². The summed E-state index contributed by atoms with van der Waals surface area (Å²) in [5.41, 5.74) is 0.289. The minimum atomic E-state index is -4.06. The van der Waals surface area contributed by atoms with Gasteiger partial charge in [-0.05, 0) is 43.3 Å². The molecule has 0 saturated carbocycles. The van der Waals surface area contributed by atoms with E-state index < -0.39 is 28.1 Å². The van der Waals surface area contributed by atoms with Gasteiger partial charge in [-0.2, -0.15) is 0 Å². The Labute approximate surface area is 180 Å². The third kappa shape index (κ3) is 5.99. The lowest BCUT2D eigenvalue weighted by Gasteiger charge is -2.16. The number of benzene rings is 2. The second-order valence-electron chi connectivity index (χ2n) is 5.76. The number of methoxy groups -OCH3 is 1. The molecule has 1 atom stereocenters. The lowest BCUT2D eigenvalue weighted by Crippen LogP contribution is -2.40. The van der Waals surface area contributed by atoms with Gasteiger partial charge in [-0.15, -0.1) is 0 Å². The van der Waals surface area contributed by atoms with E-state index in [0.717, 1.165) is 0 Å². The van der Waals surface area contributed by atoms with Crippen molar-refractivity contribution >= 4 is 60.9 Å². The summed E-state index contributed by atoms with van der Waals surface area (Å²) < 4.78 is 33.6. The molecule has 2 amide bonds. The maximum atomic E-state index is 12.7. The van der Waals surface area contributed by atoms with Crippen LogP contribution in [-0.4, -0.2) is 38.7 Å². The fraction of sp³-hybridized carbons (Fsp3) is 0.176. The quantitative estimate of drug-likeness (QED) is 0.454. The van der Waals surface area contributed by atoms with Gasteiger partial charge in [-0.3, -0.25) is 9.52 Å². The van der Waals surface area contributed by atoms with Crippen LogP contribution >= 0.6 is 27.5 Å². The second kappa shape index (κ2) is 9.33. The van der Waals surface area contributed by atoms with Crippen molar-refractivity contribution in [3.63, 3.8) is 0 Å². The largest absolute Gasteiger partial charge is 0.495 e. The average Bonchev–Trinajstić information content (AvgIpc) is 2.60. The summed E-state index contributed by atoms with van der Waals surface area (Å²) in [6.07, 6.45) is -1.35. The number of amides is 2. The molecule has 0 aliphatic carbocycles. The fourth-order valence-electron chi connectivity index (χ4n) is 2.26. The maximum Gasteiger partial charge on any atom is 0.405 e. The van der Waals surface area contributed by atoms with Gasteiger partial charge in [0.2, 0.25) is 5.91 Å². The number of anilines is 2. The highest BCUT2D eigenvalue weighted by atomic mass is 79.9. The molecule has 2 rings (SSSR count). The molecule has 4 N–H and O–H groups in total. The lowest BCUT2D eigenvalue weighted by atomic mass is 10.2. The van der Waals surface area contributed by atoms with Gasteiger partial charge in [0.1, 0.15) is 16.7 Å². The number of hydrogen-bond donors (Lipinski definition) is 4. The van der Waals surface area contributed by atoms with E-state index in [1.54, 1.807) is 0 Å². The van der Waals surface area contributed by atoms with E-state index in [0.29, 0.717) is 4.47 Å². The number of carbonyl (C=O) groups is 2. The average molecular weight is 507 g/mol. The predicted octanol–water partition coefficient (Wildman–Crippen LogP) is 3.51. The van der Waals surface area contributed by atoms with Crippen molar-refractivity contribution in [1.82, 2.24) is 5.32 Å². The van der Waals surface area contributed by atoms with Crippen LogP contribution < -0.4 is 20.1 Å². The van der Waals surface area contributed by atoms with E-state index in [2.05, 4.69) is 26.0 Å². The molecule has 0 unspecified atom stereocenters. The van der Waals surface area contributed by atoms with E-state index in [-0.39, 0.29) is 27.0 Å². The minimum absolute atomic E-state index is 0.0175. The zero-order valence-electron chi connectivity index (χ0n) is 15.2. The van der Waals surface area contributed by atoms with Gasteiger partial charge < -0.3 is 20.5 Å². The van der Waals surface area contributed by atoms with Crippen molar-refractivity contribution in [3.05, 3.63) is 45.9 Å². The Balaban J connectivity index is 2.31. The molecule has 0 radical (unpaired) electrons. The Morgan fingerprint density at radius 1 is 1.21 bits per heavy atom. The number of hydrogen-bond acceptors (Lipinski definition) is 5. The molecule has 9 nitrogen and oxygen atoms in total. The van der Waals surface area contributed by atoms with Crippen LogP contribution in [0.15, 0.2) is 45.8 Å². The molecule has 29 heavy (non-hydrogen) atoms. The van der Waals surface area contributed by atoms with Crippen molar-refractivity contribution in [2.45, 2.75) is 17.9 Å². The van der Waals surface area contributed by atoms with Crippen LogP contribution in [0.3, 0.4) is 0 Å². The van der Waals surface area contributed by atoms with E-state index >= 15 is 0 Å². The molecule has 2 aromatic rings. The number of carboxylic acid groups (broad SMARTS) is 1. The first-order chi connectivity index (χ1) is 13.5. The number of nitrogens with one attached hydrogen (secondary N) is 3. The van der Waals surface area contributed by atoms with E-state index in [1.165, 1.54) is 50.4 Å². The smallest absolute Gasteiger partial charge is 0.405 e. The van der Waals surface area contributed by atoms with Gasteiger partial charge in [0.25, 0.3) is 10.0 Å². The van der Waals surface area contributed by atoms with Gasteiger partial charge in [0.15, 0.2) is 0 Å². The zero-order chi connectivity index (χ0) is 21.8. The topological polar surface area (TPSA) is 134 Å². The highest BCUT2D eigenvalue weighted by molar-refractivity contribution is 9.10. The van der Waals surface area contributed by atoms with E-state index in [9.17, 15) is 18.0 Å². The first-order valence-corrected chi connectivity index (χ1v) is 10.6. The monoisotopic (exact) mass is 505 g/mol. The summed E-state index contributed by atoms with van der Waals surface area (Å²) >= 11 is 9.25. The number of rotatable bonds is 7. The van der Waals surface area contributed by atoms with E-state index in [1.807, 2.05) is 5.32 Å². The van der Waals surface area contributed by atoms with Gasteiger partial charge >= 0.3 is 6.09 Å². The molecule has 0 aromatic heterocycles. The summed E-state index contributed by atoms with van der Waals surface area (Å²) in [6.45, 7) is 1.37. The third-order valence-electron chi connectivity index (χ3n) is 3.63. The Hall–Kier alpha value is -2.50. The first kappa shape index (κ1) is 22.8. The molecule has 0 heterocycles. The standard InChI is InChI=1S/C17H17BrClN3O6S/c1-9(20-17(24)25)16(23)21-11-4-5-14(28-2)13(8-11)22-29(26,27)15-6-3-10(18)7-12(15)19/h3-9,20,22H,1-2H3,(H,21,23)(H,24,25)/t9-/m0/s1. The molecule has 156 valence electrons. The normalized spacial score (nSPS) is 12.0. The summed E-state index contributed by atoms with van der Waals surface area (Å²) in [7, 11) is -2.70.